The van der Waals surface area contributed by atoms with Crippen molar-refractivity contribution in [3.63, 3.8) is 0 Å². The fraction of sp³-hybridized carbons (Fsp3) is 0.389. The van der Waals surface area contributed by atoms with Crippen LogP contribution in [0.5, 0.6) is 5.75 Å². The number of rotatable bonds is 6. The summed E-state index contributed by atoms with van der Waals surface area (Å²) in [5.74, 6) is 0.927. The molecule has 1 saturated heterocycles. The number of hydrogen-bond acceptors (Lipinski definition) is 6. The number of methoxy groups -OCH3 is 1. The Hall–Kier alpha value is -2.67. The van der Waals surface area contributed by atoms with Crippen LogP contribution in [0, 0.1) is 6.92 Å². The summed E-state index contributed by atoms with van der Waals surface area (Å²) in [5.41, 5.74) is 1.87. The summed E-state index contributed by atoms with van der Waals surface area (Å²) in [6, 6.07) is 9.08. The molecule has 3 rings (SSSR count). The van der Waals surface area contributed by atoms with E-state index in [4.69, 9.17) is 9.47 Å². The zero-order chi connectivity index (χ0) is 17.6. The quantitative estimate of drug-likeness (QED) is 0.839. The summed E-state index contributed by atoms with van der Waals surface area (Å²) >= 11 is 0. The number of carbonyl (C=O) groups excluding carboxylic acids is 1. The van der Waals surface area contributed by atoms with Crippen LogP contribution in [0.1, 0.15) is 29.0 Å². The molecule has 1 aromatic heterocycles. The first-order valence-corrected chi connectivity index (χ1v) is 8.30. The summed E-state index contributed by atoms with van der Waals surface area (Å²) in [6.45, 7) is 3.10. The molecule has 1 atom stereocenters. The highest BCUT2D eigenvalue weighted by Gasteiger charge is 2.17. The molecule has 132 valence electrons. The van der Waals surface area contributed by atoms with Crippen LogP contribution in [0.2, 0.25) is 0 Å². The second kappa shape index (κ2) is 7.94. The van der Waals surface area contributed by atoms with Crippen LogP contribution in [0.3, 0.4) is 0 Å². The van der Waals surface area contributed by atoms with Gasteiger partial charge in [0.15, 0.2) is 0 Å². The van der Waals surface area contributed by atoms with Gasteiger partial charge in [-0.05, 0) is 50.1 Å². The molecular weight excluding hydrogens is 320 g/mol. The van der Waals surface area contributed by atoms with Gasteiger partial charge in [-0.2, -0.15) is 0 Å². The lowest BCUT2D eigenvalue weighted by Crippen LogP contribution is -2.32. The number of nitrogens with zero attached hydrogens (tertiary/aromatic N) is 2. The summed E-state index contributed by atoms with van der Waals surface area (Å²) in [6.07, 6.45) is 2.12. The number of hydrogen-bond donors (Lipinski definition) is 2. The van der Waals surface area contributed by atoms with E-state index in [2.05, 4.69) is 20.6 Å². The molecular formula is C18H22N4O3. The third kappa shape index (κ3) is 4.67. The monoisotopic (exact) mass is 342 g/mol. The Bertz CT molecular complexity index is 728. The third-order valence-electron chi connectivity index (χ3n) is 3.95. The van der Waals surface area contributed by atoms with Crippen molar-refractivity contribution in [1.29, 1.82) is 0 Å². The molecule has 1 aromatic carbocycles. The minimum atomic E-state index is -0.223. The predicted octanol–water partition coefficient (Wildman–Crippen LogP) is 2.45. The molecule has 0 spiro atoms. The molecule has 1 amide bonds. The van der Waals surface area contributed by atoms with E-state index in [1.165, 1.54) is 0 Å². The van der Waals surface area contributed by atoms with Crippen LogP contribution >= 0.6 is 0 Å². The molecule has 2 N–H and O–H groups in total. The molecule has 0 saturated carbocycles. The maximum Gasteiger partial charge on any atom is 0.270 e. The Kier molecular flexibility index (Phi) is 5.45. The van der Waals surface area contributed by atoms with Gasteiger partial charge in [0.1, 0.15) is 11.4 Å². The minimum absolute atomic E-state index is 0.101. The van der Waals surface area contributed by atoms with Crippen molar-refractivity contribution in [1.82, 2.24) is 15.3 Å². The Morgan fingerprint density at radius 3 is 2.80 bits per heavy atom. The van der Waals surface area contributed by atoms with Crippen molar-refractivity contribution >= 4 is 17.5 Å². The number of anilines is 2. The highest BCUT2D eigenvalue weighted by Crippen LogP contribution is 2.18. The highest BCUT2D eigenvalue weighted by molar-refractivity contribution is 5.92. The van der Waals surface area contributed by atoms with Gasteiger partial charge in [0.2, 0.25) is 5.95 Å². The largest absolute Gasteiger partial charge is 0.497 e. The number of aryl methyl sites for hydroxylation is 1. The first kappa shape index (κ1) is 17.2. The first-order chi connectivity index (χ1) is 12.1. The van der Waals surface area contributed by atoms with Crippen LogP contribution in [0.4, 0.5) is 11.6 Å². The standard InChI is InChI=1S/C18H22N4O3/c1-12-10-16(17(23)19-11-15-4-3-9-25-15)22-18(20-12)21-13-5-7-14(24-2)8-6-13/h5-8,10,15H,3-4,9,11H2,1-2H3,(H,19,23)(H,20,21,22). The van der Waals surface area contributed by atoms with E-state index in [1.54, 1.807) is 13.2 Å². The zero-order valence-corrected chi connectivity index (χ0v) is 14.4. The lowest BCUT2D eigenvalue weighted by atomic mass is 10.2. The SMILES string of the molecule is COc1ccc(Nc2nc(C)cc(C(=O)NCC3CCCO3)n2)cc1. The molecule has 1 aliphatic rings. The Balaban J connectivity index is 1.67. The van der Waals surface area contributed by atoms with Crippen molar-refractivity contribution in [2.45, 2.75) is 25.9 Å². The smallest absolute Gasteiger partial charge is 0.270 e. The molecule has 25 heavy (non-hydrogen) atoms. The number of ether oxygens (including phenoxy) is 2. The minimum Gasteiger partial charge on any atom is -0.497 e. The van der Waals surface area contributed by atoms with E-state index in [1.807, 2.05) is 31.2 Å². The second-order valence-electron chi connectivity index (χ2n) is 5.92. The number of aromatic nitrogens is 2. The average Bonchev–Trinajstić information content (AvgIpc) is 3.13. The second-order valence-corrected chi connectivity index (χ2v) is 5.92. The van der Waals surface area contributed by atoms with E-state index in [-0.39, 0.29) is 12.0 Å². The fourth-order valence-corrected chi connectivity index (χ4v) is 2.65. The van der Waals surface area contributed by atoms with E-state index >= 15 is 0 Å². The van der Waals surface area contributed by atoms with Crippen molar-refractivity contribution in [3.05, 3.63) is 41.7 Å². The molecule has 7 heteroatoms. The normalized spacial score (nSPS) is 16.5. The number of amides is 1. The molecule has 1 unspecified atom stereocenters. The van der Waals surface area contributed by atoms with E-state index in [9.17, 15) is 4.79 Å². The van der Waals surface area contributed by atoms with Gasteiger partial charge in [-0.1, -0.05) is 0 Å². The van der Waals surface area contributed by atoms with Crippen molar-refractivity contribution in [3.8, 4) is 5.75 Å². The zero-order valence-electron chi connectivity index (χ0n) is 14.4. The van der Waals surface area contributed by atoms with Gasteiger partial charge in [0, 0.05) is 24.5 Å². The lowest BCUT2D eigenvalue weighted by molar-refractivity contribution is 0.0853. The van der Waals surface area contributed by atoms with Gasteiger partial charge in [0.05, 0.1) is 13.2 Å². The van der Waals surface area contributed by atoms with E-state index < -0.39 is 0 Å². The molecule has 0 aliphatic carbocycles. The van der Waals surface area contributed by atoms with E-state index in [0.717, 1.165) is 30.9 Å². The summed E-state index contributed by atoms with van der Waals surface area (Å²) < 4.78 is 10.7. The maximum absolute atomic E-state index is 12.3. The summed E-state index contributed by atoms with van der Waals surface area (Å²) in [7, 11) is 1.62. The fourth-order valence-electron chi connectivity index (χ4n) is 2.65. The number of nitrogens with one attached hydrogen (secondary N) is 2. The number of benzene rings is 1. The molecule has 7 nitrogen and oxygen atoms in total. The molecule has 0 radical (unpaired) electrons. The van der Waals surface area contributed by atoms with Crippen LogP contribution in [-0.2, 0) is 4.74 Å². The van der Waals surface area contributed by atoms with Crippen LogP contribution < -0.4 is 15.4 Å². The topological polar surface area (TPSA) is 85.4 Å². The third-order valence-corrected chi connectivity index (χ3v) is 3.95. The van der Waals surface area contributed by atoms with Gasteiger partial charge < -0.3 is 20.1 Å². The first-order valence-electron chi connectivity index (χ1n) is 8.30. The summed E-state index contributed by atoms with van der Waals surface area (Å²) in [5, 5.41) is 5.98. The Morgan fingerprint density at radius 2 is 2.12 bits per heavy atom. The predicted molar refractivity (Wildman–Crippen MR) is 94.4 cm³/mol. The number of carbonyl (C=O) groups is 1. The average molecular weight is 342 g/mol. The van der Waals surface area contributed by atoms with Gasteiger partial charge in [0.25, 0.3) is 5.91 Å². The lowest BCUT2D eigenvalue weighted by Gasteiger charge is -2.12. The van der Waals surface area contributed by atoms with Crippen LogP contribution in [0.15, 0.2) is 30.3 Å². The van der Waals surface area contributed by atoms with Gasteiger partial charge in [-0.3, -0.25) is 4.79 Å². The summed E-state index contributed by atoms with van der Waals surface area (Å²) in [4.78, 5) is 21.0. The van der Waals surface area contributed by atoms with Gasteiger partial charge >= 0.3 is 0 Å². The Labute approximate surface area is 146 Å². The van der Waals surface area contributed by atoms with Gasteiger partial charge in [-0.15, -0.1) is 0 Å². The van der Waals surface area contributed by atoms with Crippen molar-refractivity contribution < 1.29 is 14.3 Å². The maximum atomic E-state index is 12.3. The van der Waals surface area contributed by atoms with Crippen molar-refractivity contribution in [2.75, 3.05) is 25.6 Å². The van der Waals surface area contributed by atoms with E-state index in [0.29, 0.717) is 23.9 Å². The molecule has 1 aliphatic heterocycles. The van der Waals surface area contributed by atoms with Crippen molar-refractivity contribution in [2.24, 2.45) is 0 Å². The van der Waals surface area contributed by atoms with Crippen LogP contribution in [0.25, 0.3) is 0 Å². The Morgan fingerprint density at radius 1 is 1.32 bits per heavy atom. The molecule has 2 heterocycles. The molecule has 2 aromatic rings. The van der Waals surface area contributed by atoms with Crippen LogP contribution in [-0.4, -0.2) is 42.2 Å². The van der Waals surface area contributed by atoms with Gasteiger partial charge in [-0.25, -0.2) is 9.97 Å². The molecule has 0 bridgehead atoms. The highest BCUT2D eigenvalue weighted by atomic mass is 16.5. The molecule has 1 fully saturated rings.